The Hall–Kier alpha value is -0.0500. The number of hydrogen-bond donors (Lipinski definition) is 1. The van der Waals surface area contributed by atoms with Crippen molar-refractivity contribution in [3.63, 3.8) is 0 Å². The van der Waals surface area contributed by atoms with Crippen LogP contribution < -0.4 is 5.32 Å². The molecule has 1 amide bonds. The molecule has 0 aliphatic carbocycles. The first-order valence-electron chi connectivity index (χ1n) is 3.57. The highest BCUT2D eigenvalue weighted by Gasteiger charge is 1.99. The van der Waals surface area contributed by atoms with Crippen LogP contribution in [0.15, 0.2) is 0 Å². The summed E-state index contributed by atoms with van der Waals surface area (Å²) in [4.78, 5) is 11.2. The van der Waals surface area contributed by atoms with E-state index >= 15 is 0 Å². The molecule has 0 saturated heterocycles. The van der Waals surface area contributed by atoms with E-state index in [9.17, 15) is 4.79 Å². The predicted molar refractivity (Wildman–Crippen MR) is 46.3 cm³/mol. The highest BCUT2D eigenvalue weighted by atomic mass is 79.9. The summed E-state index contributed by atoms with van der Waals surface area (Å²) in [5, 5.41) is 2.80. The third-order valence-electron chi connectivity index (χ3n) is 1.06. The Bertz CT molecular complexity index is 104. The predicted octanol–water partition coefficient (Wildman–Crippen LogP) is 1.69. The molecular formula is C7H14BrNO. The molecule has 0 aromatic rings. The SMILES string of the molecule is CCCC(=O)NCC(C)Br. The molecule has 0 fully saturated rings. The molecule has 0 heterocycles. The van der Waals surface area contributed by atoms with Crippen LogP contribution in [0, 0.1) is 0 Å². The Labute approximate surface area is 70.5 Å². The fourth-order valence-electron chi connectivity index (χ4n) is 0.570. The van der Waals surface area contributed by atoms with Crippen LogP contribution in [-0.2, 0) is 4.79 Å². The van der Waals surface area contributed by atoms with Gasteiger partial charge in [0.25, 0.3) is 0 Å². The highest BCUT2D eigenvalue weighted by Crippen LogP contribution is 1.94. The van der Waals surface area contributed by atoms with Crippen molar-refractivity contribution in [2.24, 2.45) is 0 Å². The van der Waals surface area contributed by atoms with Crippen molar-refractivity contribution in [1.82, 2.24) is 5.32 Å². The van der Waals surface area contributed by atoms with E-state index < -0.39 is 0 Å². The lowest BCUT2D eigenvalue weighted by Gasteiger charge is -2.04. The Morgan fingerprint density at radius 1 is 1.70 bits per heavy atom. The van der Waals surface area contributed by atoms with Gasteiger partial charge in [0.2, 0.25) is 5.91 Å². The van der Waals surface area contributed by atoms with Gasteiger partial charge in [0.15, 0.2) is 0 Å². The minimum absolute atomic E-state index is 0.147. The van der Waals surface area contributed by atoms with Gasteiger partial charge in [0.05, 0.1) is 0 Å². The lowest BCUT2D eigenvalue weighted by atomic mass is 10.3. The Kier molecular flexibility index (Phi) is 5.69. The number of rotatable bonds is 4. The smallest absolute Gasteiger partial charge is 0.220 e. The van der Waals surface area contributed by atoms with Crippen LogP contribution in [0.25, 0.3) is 0 Å². The van der Waals surface area contributed by atoms with Crippen LogP contribution in [0.2, 0.25) is 0 Å². The fourth-order valence-corrected chi connectivity index (χ4v) is 0.732. The number of carbonyl (C=O) groups is 1. The summed E-state index contributed by atoms with van der Waals surface area (Å²) in [6.07, 6.45) is 1.56. The summed E-state index contributed by atoms with van der Waals surface area (Å²) >= 11 is 3.34. The quantitative estimate of drug-likeness (QED) is 0.699. The Morgan fingerprint density at radius 2 is 2.30 bits per heavy atom. The minimum atomic E-state index is 0.147. The molecule has 60 valence electrons. The number of nitrogens with one attached hydrogen (secondary N) is 1. The van der Waals surface area contributed by atoms with E-state index in [1.54, 1.807) is 0 Å². The number of amides is 1. The van der Waals surface area contributed by atoms with E-state index in [2.05, 4.69) is 21.2 Å². The van der Waals surface area contributed by atoms with Crippen LogP contribution >= 0.6 is 15.9 Å². The molecule has 0 aromatic heterocycles. The van der Waals surface area contributed by atoms with Gasteiger partial charge in [-0.05, 0) is 6.42 Å². The summed E-state index contributed by atoms with van der Waals surface area (Å²) in [7, 11) is 0. The van der Waals surface area contributed by atoms with E-state index in [0.29, 0.717) is 11.2 Å². The van der Waals surface area contributed by atoms with Gasteiger partial charge >= 0.3 is 0 Å². The molecule has 0 aliphatic heterocycles. The summed E-state index contributed by atoms with van der Waals surface area (Å²) in [5.74, 6) is 0.147. The molecule has 0 aromatic carbocycles. The molecule has 10 heavy (non-hydrogen) atoms. The van der Waals surface area contributed by atoms with Gasteiger partial charge in [-0.25, -0.2) is 0 Å². The first kappa shape index (κ1) is 9.95. The van der Waals surface area contributed by atoms with Gasteiger partial charge < -0.3 is 5.32 Å². The van der Waals surface area contributed by atoms with Gasteiger partial charge in [-0.15, -0.1) is 0 Å². The molecule has 1 atom stereocenters. The maximum Gasteiger partial charge on any atom is 0.220 e. The second-order valence-electron chi connectivity index (χ2n) is 2.33. The van der Waals surface area contributed by atoms with Gasteiger partial charge in [-0.3, -0.25) is 4.79 Å². The zero-order valence-electron chi connectivity index (χ0n) is 6.48. The average Bonchev–Trinajstić information content (AvgIpc) is 1.85. The van der Waals surface area contributed by atoms with E-state index in [0.717, 1.165) is 13.0 Å². The average molecular weight is 208 g/mol. The van der Waals surface area contributed by atoms with E-state index in [4.69, 9.17) is 0 Å². The summed E-state index contributed by atoms with van der Waals surface area (Å²) in [6, 6.07) is 0. The Morgan fingerprint density at radius 3 is 2.70 bits per heavy atom. The van der Waals surface area contributed by atoms with Crippen LogP contribution in [0.3, 0.4) is 0 Å². The van der Waals surface area contributed by atoms with Gasteiger partial charge in [0, 0.05) is 17.8 Å². The third-order valence-corrected chi connectivity index (χ3v) is 1.38. The van der Waals surface area contributed by atoms with Crippen molar-refractivity contribution in [2.45, 2.75) is 31.5 Å². The number of hydrogen-bond acceptors (Lipinski definition) is 1. The monoisotopic (exact) mass is 207 g/mol. The highest BCUT2D eigenvalue weighted by molar-refractivity contribution is 9.09. The van der Waals surface area contributed by atoms with E-state index in [-0.39, 0.29) is 5.91 Å². The van der Waals surface area contributed by atoms with Crippen LogP contribution in [-0.4, -0.2) is 17.3 Å². The first-order valence-corrected chi connectivity index (χ1v) is 4.49. The summed E-state index contributed by atoms with van der Waals surface area (Å²) in [6.45, 7) is 4.72. The summed E-state index contributed by atoms with van der Waals surface area (Å²) in [5.41, 5.74) is 0. The second-order valence-corrected chi connectivity index (χ2v) is 3.90. The third kappa shape index (κ3) is 6.08. The molecule has 0 rings (SSSR count). The standard InChI is InChI=1S/C7H14BrNO/c1-3-4-7(10)9-5-6(2)8/h6H,3-5H2,1-2H3,(H,9,10). The molecule has 1 N–H and O–H groups in total. The molecule has 1 unspecified atom stereocenters. The van der Waals surface area contributed by atoms with Gasteiger partial charge in [-0.1, -0.05) is 29.8 Å². The molecule has 0 bridgehead atoms. The van der Waals surface area contributed by atoms with E-state index in [1.165, 1.54) is 0 Å². The molecule has 0 aliphatic rings. The number of carbonyl (C=O) groups excluding carboxylic acids is 1. The van der Waals surface area contributed by atoms with Crippen molar-refractivity contribution in [1.29, 1.82) is 0 Å². The maximum atomic E-state index is 10.8. The maximum absolute atomic E-state index is 10.8. The fraction of sp³-hybridized carbons (Fsp3) is 0.857. The molecule has 0 radical (unpaired) electrons. The second kappa shape index (κ2) is 5.71. The summed E-state index contributed by atoms with van der Waals surface area (Å²) < 4.78 is 0. The topological polar surface area (TPSA) is 29.1 Å². The molecular weight excluding hydrogens is 194 g/mol. The largest absolute Gasteiger partial charge is 0.355 e. The molecule has 3 heteroatoms. The van der Waals surface area contributed by atoms with Gasteiger partial charge in [-0.2, -0.15) is 0 Å². The van der Waals surface area contributed by atoms with Crippen molar-refractivity contribution >= 4 is 21.8 Å². The normalized spacial score (nSPS) is 12.7. The molecule has 0 spiro atoms. The van der Waals surface area contributed by atoms with Gasteiger partial charge in [0.1, 0.15) is 0 Å². The number of alkyl halides is 1. The Balaban J connectivity index is 3.22. The van der Waals surface area contributed by atoms with Crippen molar-refractivity contribution in [3.8, 4) is 0 Å². The minimum Gasteiger partial charge on any atom is -0.355 e. The first-order chi connectivity index (χ1) is 4.66. The van der Waals surface area contributed by atoms with Crippen LogP contribution in [0.4, 0.5) is 0 Å². The van der Waals surface area contributed by atoms with Crippen LogP contribution in [0.5, 0.6) is 0 Å². The molecule has 0 saturated carbocycles. The van der Waals surface area contributed by atoms with Crippen molar-refractivity contribution in [3.05, 3.63) is 0 Å². The van der Waals surface area contributed by atoms with Crippen LogP contribution in [0.1, 0.15) is 26.7 Å². The van der Waals surface area contributed by atoms with Crippen molar-refractivity contribution < 1.29 is 4.79 Å². The van der Waals surface area contributed by atoms with E-state index in [1.807, 2.05) is 13.8 Å². The molecule has 2 nitrogen and oxygen atoms in total. The van der Waals surface area contributed by atoms with Crippen molar-refractivity contribution in [2.75, 3.05) is 6.54 Å². The lowest BCUT2D eigenvalue weighted by Crippen LogP contribution is -2.27. The number of halogens is 1. The lowest BCUT2D eigenvalue weighted by molar-refractivity contribution is -0.121. The zero-order valence-corrected chi connectivity index (χ0v) is 8.07. The zero-order chi connectivity index (χ0) is 7.98.